The normalized spacial score (nSPS) is 11.2. The van der Waals surface area contributed by atoms with Crippen LogP contribution in [0.15, 0.2) is 55.0 Å². The SMILES string of the molecule is COC(=O)[C@@H](C)Cc1cc(CO)ccn1.C[C@@H](Cc1cc(CO)ccn1)C(=O)O.Cl.N[C@@H](Cc1cc(CO)ccn1)C(=O)O.P.P.PP. The van der Waals surface area contributed by atoms with Crippen LogP contribution in [0.4, 0.5) is 0 Å². The van der Waals surface area contributed by atoms with Crippen molar-refractivity contribution in [2.75, 3.05) is 7.11 Å². The molecular weight excluding hydrogens is 720 g/mol. The van der Waals surface area contributed by atoms with Gasteiger partial charge in [-0.05, 0) is 53.1 Å². The van der Waals surface area contributed by atoms with Gasteiger partial charge in [0.2, 0.25) is 0 Å². The number of hydrogen-bond donors (Lipinski definition) is 6. The van der Waals surface area contributed by atoms with Crippen LogP contribution in [0.2, 0.25) is 0 Å². The molecule has 0 saturated heterocycles. The van der Waals surface area contributed by atoms with E-state index in [1.165, 1.54) is 13.3 Å². The second-order valence-electron chi connectivity index (χ2n) is 9.66. The van der Waals surface area contributed by atoms with Gasteiger partial charge in [-0.1, -0.05) is 13.8 Å². The van der Waals surface area contributed by atoms with Gasteiger partial charge in [-0.25, -0.2) is 0 Å². The van der Waals surface area contributed by atoms with E-state index in [0.29, 0.717) is 29.8 Å². The molecule has 0 saturated carbocycles. The highest BCUT2D eigenvalue weighted by molar-refractivity contribution is 7.92. The first kappa shape index (κ1) is 52.5. The number of carbonyl (C=O) groups excluding carboxylic acids is 1. The van der Waals surface area contributed by atoms with E-state index in [2.05, 4.69) is 37.5 Å². The predicted octanol–water partition coefficient (Wildman–Crippen LogP) is 2.48. The van der Waals surface area contributed by atoms with E-state index in [1.54, 1.807) is 62.6 Å². The number of aliphatic carboxylic acids is 2. The van der Waals surface area contributed by atoms with Crippen molar-refractivity contribution < 1.29 is 44.7 Å². The Bertz CT molecular complexity index is 1270. The number of aliphatic hydroxyl groups is 3. The fraction of sp³-hybridized carbons (Fsp3) is 0.400. The van der Waals surface area contributed by atoms with Crippen LogP contribution in [-0.4, -0.2) is 71.5 Å². The minimum Gasteiger partial charge on any atom is -0.481 e. The van der Waals surface area contributed by atoms with Crippen LogP contribution in [-0.2, 0) is 58.2 Å². The molecule has 0 fully saturated rings. The first-order valence-corrected chi connectivity index (χ1v) is 16.4. The molecule has 0 amide bonds. The van der Waals surface area contributed by atoms with Crippen LogP contribution in [0.25, 0.3) is 0 Å². The Balaban J connectivity index is -0.000000286. The number of nitrogens with zero attached hydrogens (tertiary/aromatic N) is 3. The summed E-state index contributed by atoms with van der Waals surface area (Å²) in [6.07, 6.45) is 5.82. The summed E-state index contributed by atoms with van der Waals surface area (Å²) in [4.78, 5) is 44.3. The molecule has 272 valence electrons. The minimum atomic E-state index is -1.05. The zero-order chi connectivity index (χ0) is 34.4. The maximum atomic E-state index is 11.2. The summed E-state index contributed by atoms with van der Waals surface area (Å²) in [6, 6.07) is 9.31. The van der Waals surface area contributed by atoms with Crippen LogP contribution < -0.4 is 5.73 Å². The number of hydrogen-bond acceptors (Lipinski definition) is 11. The number of halogens is 1. The van der Waals surface area contributed by atoms with Gasteiger partial charge < -0.3 is 36.0 Å². The number of ether oxygens (including phenoxy) is 1. The van der Waals surface area contributed by atoms with Crippen molar-refractivity contribution in [3.8, 4) is 0 Å². The molecule has 48 heavy (non-hydrogen) atoms. The first-order valence-electron chi connectivity index (χ1n) is 13.7. The molecule has 3 heterocycles. The smallest absolute Gasteiger partial charge is 0.320 e. The summed E-state index contributed by atoms with van der Waals surface area (Å²) in [5, 5.41) is 43.9. The summed E-state index contributed by atoms with van der Waals surface area (Å²) in [5.74, 6) is -2.79. The van der Waals surface area contributed by atoms with E-state index in [9.17, 15) is 14.4 Å². The van der Waals surface area contributed by atoms with E-state index >= 15 is 0 Å². The summed E-state index contributed by atoms with van der Waals surface area (Å²) in [6.45, 7) is 3.28. The van der Waals surface area contributed by atoms with Gasteiger partial charge in [-0.3, -0.25) is 29.3 Å². The summed E-state index contributed by atoms with van der Waals surface area (Å²) in [7, 11) is 6.04. The Morgan fingerprint density at radius 2 is 1.04 bits per heavy atom. The van der Waals surface area contributed by atoms with Gasteiger partial charge in [0.25, 0.3) is 0 Å². The second kappa shape index (κ2) is 30.7. The Labute approximate surface area is 299 Å². The largest absolute Gasteiger partial charge is 0.481 e. The zero-order valence-corrected chi connectivity index (χ0v) is 33.4. The molecule has 0 aliphatic rings. The molecule has 0 aliphatic heterocycles. The van der Waals surface area contributed by atoms with Crippen LogP contribution in [0.5, 0.6) is 0 Å². The number of rotatable bonds is 12. The number of methoxy groups -OCH3 is 1. The highest BCUT2D eigenvalue weighted by Gasteiger charge is 2.15. The minimum absolute atomic E-state index is 0. The molecule has 3 rings (SSSR count). The zero-order valence-electron chi connectivity index (χ0n) is 27.4. The number of aromatic nitrogens is 3. The number of nitrogens with two attached hydrogens (primary N) is 1. The average Bonchev–Trinajstić information content (AvgIpc) is 3.05. The third-order valence-electron chi connectivity index (χ3n) is 5.99. The van der Waals surface area contributed by atoms with E-state index in [4.69, 9.17) is 31.3 Å². The van der Waals surface area contributed by atoms with Gasteiger partial charge >= 0.3 is 17.9 Å². The van der Waals surface area contributed by atoms with Crippen molar-refractivity contribution in [2.24, 2.45) is 17.6 Å². The molecule has 0 spiro atoms. The number of carbonyl (C=O) groups is 3. The van der Waals surface area contributed by atoms with Crippen molar-refractivity contribution in [3.63, 3.8) is 0 Å². The maximum absolute atomic E-state index is 11.2. The summed E-state index contributed by atoms with van der Waals surface area (Å²) in [5.41, 5.74) is 9.67. The number of aliphatic hydroxyl groups excluding tert-OH is 3. The third-order valence-corrected chi connectivity index (χ3v) is 5.99. The molecule has 3 aromatic rings. The maximum Gasteiger partial charge on any atom is 0.320 e. The standard InChI is InChI=1S/C11H15NO3.C10H13NO3.C9H12N2O3.ClH.H4P2.2H3P/c1-8(11(14)15-2)5-10-6-9(7-13)3-4-12-10;1-7(10(13)14)4-9-5-8(6-12)2-3-11-9;10-8(9(13)14)4-7-3-6(5-12)1-2-11-7;;1-2;;/h3-4,6,8,13H,5,7H2,1-2H3;2-3,5,7,12H,4,6H2,1H3,(H,13,14);1-3,8,12H,4-5,10H2,(H,13,14);1H;1-2H2;2*1H3/t8-;7-;8-;;;;/m000..../s1. The lowest BCUT2D eigenvalue weighted by Crippen LogP contribution is -2.32. The highest BCUT2D eigenvalue weighted by atomic mass is 35.5. The van der Waals surface area contributed by atoms with Gasteiger partial charge in [0.15, 0.2) is 0 Å². The fourth-order valence-electron chi connectivity index (χ4n) is 3.53. The lowest BCUT2D eigenvalue weighted by molar-refractivity contribution is -0.145. The van der Waals surface area contributed by atoms with E-state index in [-0.39, 0.29) is 70.3 Å². The highest BCUT2D eigenvalue weighted by Crippen LogP contribution is 2.10. The van der Waals surface area contributed by atoms with Crippen LogP contribution in [0.3, 0.4) is 0 Å². The van der Waals surface area contributed by atoms with Crippen molar-refractivity contribution in [1.29, 1.82) is 0 Å². The second-order valence-corrected chi connectivity index (χ2v) is 9.66. The molecular formula is C30H51ClN4O9P4. The van der Waals surface area contributed by atoms with Gasteiger partial charge in [0.1, 0.15) is 6.04 Å². The van der Waals surface area contributed by atoms with E-state index in [1.807, 2.05) is 0 Å². The summed E-state index contributed by atoms with van der Waals surface area (Å²) < 4.78 is 4.62. The Kier molecular flexibility index (Phi) is 33.6. The molecule has 4 unspecified atom stereocenters. The monoisotopic (exact) mass is 770 g/mol. The van der Waals surface area contributed by atoms with Gasteiger partial charge in [0.05, 0.1) is 38.8 Å². The summed E-state index contributed by atoms with van der Waals surface area (Å²) >= 11 is 0. The van der Waals surface area contributed by atoms with E-state index < -0.39 is 23.9 Å². The van der Waals surface area contributed by atoms with Crippen LogP contribution in [0, 0.1) is 11.8 Å². The molecule has 7 atom stereocenters. The van der Waals surface area contributed by atoms with Crippen LogP contribution >= 0.6 is 50.1 Å². The topological polar surface area (TPSA) is 226 Å². The number of esters is 1. The van der Waals surface area contributed by atoms with Gasteiger partial charge in [-0.15, -0.1) is 30.3 Å². The first-order chi connectivity index (χ1) is 21.4. The van der Waals surface area contributed by atoms with Gasteiger partial charge in [-0.2, -0.15) is 19.8 Å². The quantitative estimate of drug-likeness (QED) is 0.115. The molecule has 0 aromatic carbocycles. The van der Waals surface area contributed by atoms with Crippen LogP contribution in [0.1, 0.15) is 47.6 Å². The Morgan fingerprint density at radius 1 is 0.708 bits per heavy atom. The molecule has 13 nitrogen and oxygen atoms in total. The van der Waals surface area contributed by atoms with Gasteiger partial charge in [0, 0.05) is 54.9 Å². The average molecular weight is 771 g/mol. The Hall–Kier alpha value is -2.29. The number of pyridine rings is 3. The number of carboxylic acids is 2. The lowest BCUT2D eigenvalue weighted by Gasteiger charge is -2.08. The molecule has 3 aromatic heterocycles. The van der Waals surface area contributed by atoms with E-state index in [0.717, 1.165) is 16.8 Å². The fourth-order valence-corrected chi connectivity index (χ4v) is 3.53. The lowest BCUT2D eigenvalue weighted by atomic mass is 10.0. The molecule has 0 bridgehead atoms. The molecule has 18 heteroatoms. The van der Waals surface area contributed by atoms with Crippen molar-refractivity contribution in [2.45, 2.75) is 59.0 Å². The van der Waals surface area contributed by atoms with Crippen molar-refractivity contribution in [3.05, 3.63) is 88.8 Å². The van der Waals surface area contributed by atoms with Crippen molar-refractivity contribution in [1.82, 2.24) is 15.0 Å². The molecule has 0 radical (unpaired) electrons. The molecule has 0 aliphatic carbocycles. The predicted molar refractivity (Wildman–Crippen MR) is 204 cm³/mol. The van der Waals surface area contributed by atoms with Crippen molar-refractivity contribution >= 4 is 68.0 Å². The molecule has 7 N–H and O–H groups in total. The third kappa shape index (κ3) is 22.4. The Morgan fingerprint density at radius 3 is 1.33 bits per heavy atom. The number of carboxylic acid groups (broad SMARTS) is 2.